The highest BCUT2D eigenvalue weighted by Gasteiger charge is 2.36. The van der Waals surface area contributed by atoms with Crippen LogP contribution in [0.3, 0.4) is 0 Å². The molecule has 0 aromatic heterocycles. The number of hydrogen-bond donors (Lipinski definition) is 1. The van der Waals surface area contributed by atoms with Gasteiger partial charge in [-0.15, -0.1) is 0 Å². The average molecular weight is 361 g/mol. The van der Waals surface area contributed by atoms with Gasteiger partial charge >= 0.3 is 0 Å². The lowest BCUT2D eigenvalue weighted by Gasteiger charge is -2.16. The lowest BCUT2D eigenvalue weighted by Crippen LogP contribution is -2.36. The van der Waals surface area contributed by atoms with E-state index in [2.05, 4.69) is 5.32 Å². The molecule has 1 atom stereocenters. The van der Waals surface area contributed by atoms with Gasteiger partial charge in [-0.05, 0) is 35.7 Å². The Labute approximate surface area is 150 Å². The van der Waals surface area contributed by atoms with Gasteiger partial charge in [-0.1, -0.05) is 41.9 Å². The van der Waals surface area contributed by atoms with Gasteiger partial charge in [0.1, 0.15) is 11.7 Å². The number of carbonyl (C=O) groups excluding carboxylic acids is 2. The highest BCUT2D eigenvalue weighted by Crippen LogP contribution is 2.21. The minimum Gasteiger partial charge on any atom is -0.351 e. The van der Waals surface area contributed by atoms with Gasteiger partial charge in [-0.25, -0.2) is 4.39 Å². The van der Waals surface area contributed by atoms with Crippen LogP contribution < -0.4 is 5.32 Å². The topological polar surface area (TPSA) is 49.4 Å². The number of amides is 2. The Morgan fingerprint density at radius 2 is 1.96 bits per heavy atom. The summed E-state index contributed by atoms with van der Waals surface area (Å²) in [5.74, 6) is -1.64. The summed E-state index contributed by atoms with van der Waals surface area (Å²) in [5.41, 5.74) is 1.59. The molecule has 1 fully saturated rings. The van der Waals surface area contributed by atoms with Crippen molar-refractivity contribution in [3.05, 3.63) is 70.5 Å². The summed E-state index contributed by atoms with van der Waals surface area (Å²) in [4.78, 5) is 26.5. The molecule has 3 rings (SSSR count). The van der Waals surface area contributed by atoms with Gasteiger partial charge in [0.05, 0.1) is 0 Å². The molecule has 6 heteroatoms. The summed E-state index contributed by atoms with van der Waals surface area (Å²) >= 11 is 5.80. The van der Waals surface area contributed by atoms with Gasteiger partial charge in [-0.2, -0.15) is 0 Å². The van der Waals surface area contributed by atoms with E-state index in [1.165, 1.54) is 12.1 Å². The molecule has 1 aliphatic rings. The van der Waals surface area contributed by atoms with Crippen LogP contribution in [0, 0.1) is 11.7 Å². The van der Waals surface area contributed by atoms with Crippen LogP contribution in [0.1, 0.15) is 17.5 Å². The molecular weight excluding hydrogens is 343 g/mol. The van der Waals surface area contributed by atoms with Crippen molar-refractivity contribution in [1.29, 1.82) is 0 Å². The molecule has 4 nitrogen and oxygen atoms in total. The maximum atomic E-state index is 13.3. The van der Waals surface area contributed by atoms with Crippen LogP contribution >= 0.6 is 11.6 Å². The Hall–Kier alpha value is -2.40. The standard InChI is InChI=1S/C19H18ClFN2O2/c20-15-8-14(9-16(21)10-15)11-22-18(24)17-6-7-23(19(17)25)12-13-4-2-1-3-5-13/h1-5,8-10,17H,6-7,11-12H2,(H,22,24). The van der Waals surface area contributed by atoms with E-state index in [0.717, 1.165) is 5.56 Å². The number of likely N-dealkylation sites (tertiary alicyclic amines) is 1. The van der Waals surface area contributed by atoms with Gasteiger partial charge in [0.25, 0.3) is 0 Å². The number of hydrogen-bond acceptors (Lipinski definition) is 2. The van der Waals surface area contributed by atoms with Crippen molar-refractivity contribution in [1.82, 2.24) is 10.2 Å². The highest BCUT2D eigenvalue weighted by atomic mass is 35.5. The Bertz CT molecular complexity index is 762. The summed E-state index contributed by atoms with van der Waals surface area (Å²) < 4.78 is 13.3. The Morgan fingerprint density at radius 1 is 1.20 bits per heavy atom. The van der Waals surface area contributed by atoms with Crippen molar-refractivity contribution in [2.24, 2.45) is 5.92 Å². The van der Waals surface area contributed by atoms with Crippen LogP contribution in [0.2, 0.25) is 5.02 Å². The van der Waals surface area contributed by atoms with E-state index >= 15 is 0 Å². The van der Waals surface area contributed by atoms with Crippen molar-refractivity contribution in [3.63, 3.8) is 0 Å². The third-order valence-electron chi connectivity index (χ3n) is 4.22. The van der Waals surface area contributed by atoms with Crippen LogP contribution in [0.25, 0.3) is 0 Å². The van der Waals surface area contributed by atoms with Gasteiger partial charge in [0.2, 0.25) is 11.8 Å². The normalized spacial score (nSPS) is 17.0. The maximum Gasteiger partial charge on any atom is 0.235 e. The number of nitrogens with zero attached hydrogens (tertiary/aromatic N) is 1. The fraction of sp³-hybridized carbons (Fsp3) is 0.263. The molecule has 25 heavy (non-hydrogen) atoms. The largest absolute Gasteiger partial charge is 0.351 e. The first-order chi connectivity index (χ1) is 12.0. The van der Waals surface area contributed by atoms with E-state index in [-0.39, 0.29) is 23.4 Å². The third kappa shape index (κ3) is 4.37. The molecule has 2 amide bonds. The predicted molar refractivity (Wildman–Crippen MR) is 93.2 cm³/mol. The zero-order valence-electron chi connectivity index (χ0n) is 13.5. The molecule has 1 unspecified atom stereocenters. The fourth-order valence-corrected chi connectivity index (χ4v) is 3.21. The fourth-order valence-electron chi connectivity index (χ4n) is 2.97. The van der Waals surface area contributed by atoms with E-state index in [1.807, 2.05) is 30.3 Å². The second-order valence-corrected chi connectivity index (χ2v) is 6.52. The highest BCUT2D eigenvalue weighted by molar-refractivity contribution is 6.30. The Morgan fingerprint density at radius 3 is 2.68 bits per heavy atom. The molecule has 2 aromatic rings. The molecular formula is C19H18ClFN2O2. The summed E-state index contributed by atoms with van der Waals surface area (Å²) in [7, 11) is 0. The third-order valence-corrected chi connectivity index (χ3v) is 4.44. The first-order valence-electron chi connectivity index (χ1n) is 8.08. The van der Waals surface area contributed by atoms with Crippen molar-refractivity contribution < 1.29 is 14.0 Å². The lowest BCUT2D eigenvalue weighted by molar-refractivity contribution is -0.138. The molecule has 130 valence electrons. The van der Waals surface area contributed by atoms with Crippen molar-refractivity contribution in [2.45, 2.75) is 19.5 Å². The summed E-state index contributed by atoms with van der Waals surface area (Å²) in [6.45, 7) is 1.19. The Balaban J connectivity index is 1.57. The van der Waals surface area contributed by atoms with Crippen LogP contribution in [0.15, 0.2) is 48.5 Å². The summed E-state index contributed by atoms with van der Waals surface area (Å²) in [6.07, 6.45) is 0.488. The molecule has 1 saturated heterocycles. The minimum atomic E-state index is -0.687. The van der Waals surface area contributed by atoms with Gasteiger partial charge in [0, 0.05) is 24.7 Å². The van der Waals surface area contributed by atoms with Crippen LogP contribution in [0.5, 0.6) is 0 Å². The number of benzene rings is 2. The monoisotopic (exact) mass is 360 g/mol. The zero-order valence-corrected chi connectivity index (χ0v) is 14.3. The van der Waals surface area contributed by atoms with Gasteiger partial charge in [-0.3, -0.25) is 9.59 Å². The molecule has 0 saturated carbocycles. The van der Waals surface area contributed by atoms with Gasteiger partial charge in [0.15, 0.2) is 0 Å². The van der Waals surface area contributed by atoms with Gasteiger partial charge < -0.3 is 10.2 Å². The summed E-state index contributed by atoms with van der Waals surface area (Å²) in [5, 5.41) is 2.97. The quantitative estimate of drug-likeness (QED) is 0.833. The van der Waals surface area contributed by atoms with E-state index in [1.54, 1.807) is 11.0 Å². The molecule has 0 aliphatic carbocycles. The van der Waals surface area contributed by atoms with Crippen molar-refractivity contribution in [3.8, 4) is 0 Å². The molecule has 1 heterocycles. The number of rotatable bonds is 5. The first kappa shape index (κ1) is 17.4. The lowest BCUT2D eigenvalue weighted by atomic mass is 10.1. The van der Waals surface area contributed by atoms with Crippen molar-refractivity contribution >= 4 is 23.4 Å². The van der Waals surface area contributed by atoms with E-state index in [9.17, 15) is 14.0 Å². The second-order valence-electron chi connectivity index (χ2n) is 6.08. The minimum absolute atomic E-state index is 0.138. The smallest absolute Gasteiger partial charge is 0.235 e. The second kappa shape index (κ2) is 7.66. The molecule has 0 spiro atoms. The number of carbonyl (C=O) groups is 2. The van der Waals surface area contributed by atoms with E-state index in [4.69, 9.17) is 11.6 Å². The Kier molecular flexibility index (Phi) is 5.34. The van der Waals surface area contributed by atoms with E-state index < -0.39 is 11.7 Å². The number of halogens is 2. The molecule has 2 aromatic carbocycles. The molecule has 0 bridgehead atoms. The first-order valence-corrected chi connectivity index (χ1v) is 8.46. The predicted octanol–water partition coefficient (Wildman–Crippen LogP) is 3.14. The summed E-state index contributed by atoms with van der Waals surface area (Å²) in [6, 6.07) is 13.8. The maximum absolute atomic E-state index is 13.3. The molecule has 0 radical (unpaired) electrons. The van der Waals surface area contributed by atoms with Crippen LogP contribution in [-0.2, 0) is 22.7 Å². The SMILES string of the molecule is O=C(NCc1cc(F)cc(Cl)c1)C1CCN(Cc2ccccc2)C1=O. The molecule has 1 aliphatic heterocycles. The van der Waals surface area contributed by atoms with Crippen LogP contribution in [0.4, 0.5) is 4.39 Å². The zero-order chi connectivity index (χ0) is 17.8. The average Bonchev–Trinajstić information content (AvgIpc) is 2.94. The molecule has 1 N–H and O–H groups in total. The van der Waals surface area contributed by atoms with Crippen LogP contribution in [-0.4, -0.2) is 23.3 Å². The number of nitrogens with one attached hydrogen (secondary N) is 1. The van der Waals surface area contributed by atoms with E-state index in [0.29, 0.717) is 25.1 Å². The van der Waals surface area contributed by atoms with Crippen molar-refractivity contribution in [2.75, 3.05) is 6.54 Å².